The zero-order chi connectivity index (χ0) is 3.54. The molecule has 1 aromatic heterocycles. The normalized spacial score (nSPS) is 4.44. The minimum atomic E-state index is 0. The summed E-state index contributed by atoms with van der Waals surface area (Å²) in [6, 6.07) is 3.67. The average molecular weight is 177 g/mol. The molecule has 1 aromatic rings. The molecule has 0 aliphatic rings. The van der Waals surface area contributed by atoms with Crippen LogP contribution in [0.4, 0.5) is 0 Å². The first-order chi connectivity index (χ1) is 2.50. The van der Waals surface area contributed by atoms with E-state index < -0.39 is 0 Å². The average Bonchev–Trinajstić information content (AvgIpc) is 1.76. The molecule has 0 aromatic carbocycles. The summed E-state index contributed by atoms with van der Waals surface area (Å²) in [5.41, 5.74) is 0. The molecule has 0 fully saturated rings. The third-order valence-corrected chi connectivity index (χ3v) is 0.425. The van der Waals surface area contributed by atoms with Crippen molar-refractivity contribution in [2.75, 3.05) is 0 Å². The van der Waals surface area contributed by atoms with Crippen molar-refractivity contribution in [1.29, 1.82) is 0 Å². The maximum Gasteiger partial charge on any atom is 0.0902 e. The van der Waals surface area contributed by atoms with Gasteiger partial charge in [-0.05, 0) is 12.1 Å². The van der Waals surface area contributed by atoms with Gasteiger partial charge in [0.05, 0.1) is 12.5 Å². The summed E-state index contributed by atoms with van der Waals surface area (Å²) in [6.45, 7) is 0. The van der Waals surface area contributed by atoms with Gasteiger partial charge >= 0.3 is 0 Å². The molecule has 0 atom stereocenters. The SMILES string of the molecule is Cl.Cl.O.O.c1ccoc1. The molecule has 1 heterocycles. The molecule has 3 nitrogen and oxygen atoms in total. The van der Waals surface area contributed by atoms with E-state index in [0.29, 0.717) is 0 Å². The lowest BCUT2D eigenvalue weighted by Gasteiger charge is -1.50. The second kappa shape index (κ2) is 15.7. The van der Waals surface area contributed by atoms with E-state index in [0.717, 1.165) is 0 Å². The zero-order valence-corrected chi connectivity index (χ0v) is 6.17. The summed E-state index contributed by atoms with van der Waals surface area (Å²) >= 11 is 0. The molecular weight excluding hydrogens is 167 g/mol. The molecule has 0 aliphatic carbocycles. The molecule has 0 unspecified atom stereocenters. The van der Waals surface area contributed by atoms with E-state index in [2.05, 4.69) is 4.42 Å². The molecule has 0 amide bonds. The topological polar surface area (TPSA) is 76.1 Å². The third kappa shape index (κ3) is 11.4. The minimum Gasteiger partial charge on any atom is -0.473 e. The van der Waals surface area contributed by atoms with Gasteiger partial charge in [0.15, 0.2) is 0 Å². The van der Waals surface area contributed by atoms with Crippen molar-refractivity contribution in [3.8, 4) is 0 Å². The van der Waals surface area contributed by atoms with E-state index in [1.54, 1.807) is 12.5 Å². The third-order valence-electron chi connectivity index (χ3n) is 0.425. The summed E-state index contributed by atoms with van der Waals surface area (Å²) in [6.07, 6.45) is 3.25. The highest BCUT2D eigenvalue weighted by Crippen LogP contribution is 1.79. The molecule has 5 heteroatoms. The van der Waals surface area contributed by atoms with Crippen LogP contribution in [0, 0.1) is 0 Å². The van der Waals surface area contributed by atoms with Crippen LogP contribution in [-0.4, -0.2) is 11.0 Å². The monoisotopic (exact) mass is 176 g/mol. The maximum atomic E-state index is 4.58. The number of furan rings is 1. The van der Waals surface area contributed by atoms with Gasteiger partial charge in [-0.1, -0.05) is 0 Å². The predicted molar refractivity (Wildman–Crippen MR) is 40.4 cm³/mol. The Morgan fingerprint density at radius 1 is 0.778 bits per heavy atom. The van der Waals surface area contributed by atoms with Gasteiger partial charge in [-0.15, -0.1) is 24.8 Å². The van der Waals surface area contributed by atoms with Crippen LogP contribution in [0.3, 0.4) is 0 Å². The Labute approximate surface area is 65.5 Å². The van der Waals surface area contributed by atoms with Gasteiger partial charge in [0.1, 0.15) is 0 Å². The Bertz CT molecular complexity index is 70.3. The summed E-state index contributed by atoms with van der Waals surface area (Å²) in [4.78, 5) is 0. The predicted octanol–water partition coefficient (Wildman–Crippen LogP) is 0.474. The fourth-order valence-corrected chi connectivity index (χ4v) is 0.227. The first-order valence-corrected chi connectivity index (χ1v) is 1.47. The van der Waals surface area contributed by atoms with Crippen molar-refractivity contribution >= 4 is 24.8 Å². The van der Waals surface area contributed by atoms with E-state index in [-0.39, 0.29) is 35.8 Å². The molecule has 0 saturated heterocycles. The fraction of sp³-hybridized carbons (Fsp3) is 0. The Kier molecular flexibility index (Phi) is 40.5. The lowest BCUT2D eigenvalue weighted by Crippen LogP contribution is -1.16. The number of hydrogen-bond acceptors (Lipinski definition) is 1. The zero-order valence-electron chi connectivity index (χ0n) is 4.53. The van der Waals surface area contributed by atoms with Crippen molar-refractivity contribution in [2.45, 2.75) is 0 Å². The first kappa shape index (κ1) is 23.3. The van der Waals surface area contributed by atoms with E-state index in [9.17, 15) is 0 Å². The van der Waals surface area contributed by atoms with Gasteiger partial charge in [0.2, 0.25) is 0 Å². The van der Waals surface area contributed by atoms with Crippen molar-refractivity contribution in [2.24, 2.45) is 0 Å². The highest BCUT2D eigenvalue weighted by atomic mass is 35.5. The van der Waals surface area contributed by atoms with Crippen molar-refractivity contribution in [3.63, 3.8) is 0 Å². The van der Waals surface area contributed by atoms with Crippen LogP contribution >= 0.6 is 24.8 Å². The molecule has 58 valence electrons. The summed E-state index contributed by atoms with van der Waals surface area (Å²) in [5, 5.41) is 0. The fourth-order valence-electron chi connectivity index (χ4n) is 0.227. The summed E-state index contributed by atoms with van der Waals surface area (Å²) in [5.74, 6) is 0. The Morgan fingerprint density at radius 2 is 1.11 bits per heavy atom. The van der Waals surface area contributed by atoms with Crippen LogP contribution in [0.5, 0.6) is 0 Å². The van der Waals surface area contributed by atoms with Crippen LogP contribution in [0.15, 0.2) is 29.1 Å². The molecule has 0 radical (unpaired) electrons. The molecule has 0 aliphatic heterocycles. The molecular formula is C4H10Cl2O3. The minimum absolute atomic E-state index is 0. The first-order valence-electron chi connectivity index (χ1n) is 1.47. The van der Waals surface area contributed by atoms with Crippen LogP contribution < -0.4 is 0 Å². The second-order valence-corrected chi connectivity index (χ2v) is 0.793. The van der Waals surface area contributed by atoms with Crippen molar-refractivity contribution in [1.82, 2.24) is 0 Å². The summed E-state index contributed by atoms with van der Waals surface area (Å²) in [7, 11) is 0. The number of hydrogen-bond donors (Lipinski definition) is 0. The lowest BCUT2D eigenvalue weighted by atomic mass is 10.7. The van der Waals surface area contributed by atoms with Gasteiger partial charge < -0.3 is 15.4 Å². The van der Waals surface area contributed by atoms with E-state index >= 15 is 0 Å². The highest BCUT2D eigenvalue weighted by molar-refractivity contribution is 5.85. The molecule has 4 N–H and O–H groups in total. The van der Waals surface area contributed by atoms with Gasteiger partial charge in [-0.3, -0.25) is 0 Å². The quantitative estimate of drug-likeness (QED) is 0.567. The van der Waals surface area contributed by atoms with E-state index in [1.165, 1.54) is 0 Å². The Hall–Kier alpha value is -0.220. The molecule has 9 heavy (non-hydrogen) atoms. The van der Waals surface area contributed by atoms with Gasteiger partial charge in [0, 0.05) is 0 Å². The molecule has 0 bridgehead atoms. The number of halogens is 2. The Morgan fingerprint density at radius 3 is 1.22 bits per heavy atom. The van der Waals surface area contributed by atoms with Gasteiger partial charge in [0.25, 0.3) is 0 Å². The largest absolute Gasteiger partial charge is 0.473 e. The molecule has 1 rings (SSSR count). The van der Waals surface area contributed by atoms with Crippen LogP contribution in [-0.2, 0) is 0 Å². The summed E-state index contributed by atoms with van der Waals surface area (Å²) < 4.78 is 4.58. The van der Waals surface area contributed by atoms with Gasteiger partial charge in [-0.2, -0.15) is 0 Å². The molecule has 0 saturated carbocycles. The van der Waals surface area contributed by atoms with Crippen LogP contribution in [0.2, 0.25) is 0 Å². The Balaban J connectivity index is -0.0000000312. The van der Waals surface area contributed by atoms with Crippen LogP contribution in [0.25, 0.3) is 0 Å². The lowest BCUT2D eigenvalue weighted by molar-refractivity contribution is 0.567. The maximum absolute atomic E-state index is 4.58. The van der Waals surface area contributed by atoms with Gasteiger partial charge in [-0.25, -0.2) is 0 Å². The standard InChI is InChI=1S/C4H4O.2ClH.2H2O/c1-2-4-5-3-1;;;;/h1-4H;2*1H;2*1H2. The molecule has 0 spiro atoms. The van der Waals surface area contributed by atoms with Crippen LogP contribution in [0.1, 0.15) is 0 Å². The second-order valence-electron chi connectivity index (χ2n) is 0.793. The van der Waals surface area contributed by atoms with Crippen molar-refractivity contribution < 1.29 is 15.4 Å². The number of rotatable bonds is 0. The van der Waals surface area contributed by atoms with E-state index in [1.807, 2.05) is 12.1 Å². The van der Waals surface area contributed by atoms with E-state index in [4.69, 9.17) is 0 Å². The highest BCUT2D eigenvalue weighted by Gasteiger charge is 1.58. The smallest absolute Gasteiger partial charge is 0.0902 e. The van der Waals surface area contributed by atoms with Crippen molar-refractivity contribution in [3.05, 3.63) is 24.7 Å².